The number of likely N-dealkylation sites (tertiary alicyclic amines) is 2. The molecule has 0 aromatic carbocycles. The lowest BCUT2D eigenvalue weighted by molar-refractivity contribution is -0.0161. The van der Waals surface area contributed by atoms with Crippen LogP contribution in [-0.2, 0) is 10.0 Å². The summed E-state index contributed by atoms with van der Waals surface area (Å²) < 4.78 is 36.3. The number of halogens is 1. The topological polar surface area (TPSA) is 94.4 Å². The minimum absolute atomic E-state index is 0.0441. The van der Waals surface area contributed by atoms with Crippen LogP contribution in [0.2, 0.25) is 0 Å². The summed E-state index contributed by atoms with van der Waals surface area (Å²) in [6.45, 7) is 26.4. The Kier molecular flexibility index (Phi) is 17.3. The fourth-order valence-electron chi connectivity index (χ4n) is 5.07. The molecule has 0 aromatic heterocycles. The first-order valence-electron chi connectivity index (χ1n) is 15.3. The summed E-state index contributed by atoms with van der Waals surface area (Å²) in [6.07, 6.45) is 1.59. The number of rotatable bonds is 6. The van der Waals surface area contributed by atoms with Gasteiger partial charge in [0, 0.05) is 96.0 Å². The average Bonchev–Trinajstić information content (AvgIpc) is 3.46. The molecule has 9 nitrogen and oxygen atoms in total. The summed E-state index contributed by atoms with van der Waals surface area (Å²) in [4.78, 5) is 9.28. The Morgan fingerprint density at radius 2 is 1.35 bits per heavy atom. The summed E-state index contributed by atoms with van der Waals surface area (Å²) in [5, 5.41) is 17.3. The number of piperazine rings is 1. The van der Waals surface area contributed by atoms with Crippen molar-refractivity contribution in [2.24, 2.45) is 0 Å². The summed E-state index contributed by atoms with van der Waals surface area (Å²) in [5.74, 6) is 0.338. The summed E-state index contributed by atoms with van der Waals surface area (Å²) >= 11 is 0. The molecule has 4 aliphatic heterocycles. The van der Waals surface area contributed by atoms with Crippen molar-refractivity contribution in [1.29, 1.82) is 5.26 Å². The van der Waals surface area contributed by atoms with E-state index in [0.29, 0.717) is 43.4 Å². The highest BCUT2D eigenvalue weighted by Crippen LogP contribution is 2.16. The third kappa shape index (κ3) is 13.9. The Morgan fingerprint density at radius 1 is 0.800 bits per heavy atom. The molecule has 0 radical (unpaired) electrons. The second-order valence-electron chi connectivity index (χ2n) is 12.4. The molecule has 40 heavy (non-hydrogen) atoms. The van der Waals surface area contributed by atoms with Crippen LogP contribution in [0.3, 0.4) is 0 Å². The number of hydrogen-bond donors (Lipinski definition) is 1. The Hall–Kier alpha value is -0.870. The van der Waals surface area contributed by atoms with Gasteiger partial charge in [0.1, 0.15) is 6.17 Å². The van der Waals surface area contributed by atoms with Crippen LogP contribution in [0.1, 0.15) is 74.7 Å². The summed E-state index contributed by atoms with van der Waals surface area (Å²) in [7, 11) is -2.85. The Bertz CT molecular complexity index is 822. The molecule has 4 heterocycles. The average molecular weight is 591 g/mol. The Labute approximate surface area is 245 Å². The molecule has 0 aromatic rings. The molecule has 0 amide bonds. The molecular formula is C29H59FN6O3S. The van der Waals surface area contributed by atoms with E-state index in [9.17, 15) is 12.8 Å². The minimum atomic E-state index is -2.85. The molecule has 1 unspecified atom stereocenters. The normalized spacial score (nSPS) is 24.7. The molecule has 0 saturated carbocycles. The smallest absolute Gasteiger partial charge is 0.214 e. The van der Waals surface area contributed by atoms with E-state index in [1.165, 1.54) is 0 Å². The van der Waals surface area contributed by atoms with Crippen molar-refractivity contribution in [3.63, 3.8) is 0 Å². The third-order valence-electron chi connectivity index (χ3n) is 7.90. The molecule has 4 rings (SSSR count). The van der Waals surface area contributed by atoms with Crippen molar-refractivity contribution < 1.29 is 17.9 Å². The van der Waals surface area contributed by atoms with Gasteiger partial charge in [-0.05, 0) is 68.2 Å². The number of sulfonamides is 1. The Balaban J connectivity index is 0.000000271. The van der Waals surface area contributed by atoms with Crippen molar-refractivity contribution in [2.75, 3.05) is 71.2 Å². The van der Waals surface area contributed by atoms with Crippen LogP contribution in [0.4, 0.5) is 4.39 Å². The molecular weight excluding hydrogens is 531 g/mol. The van der Waals surface area contributed by atoms with Crippen molar-refractivity contribution in [2.45, 2.75) is 111 Å². The molecule has 0 spiro atoms. The van der Waals surface area contributed by atoms with Crippen LogP contribution in [-0.4, -0.2) is 145 Å². The van der Waals surface area contributed by atoms with E-state index in [2.05, 4.69) is 67.2 Å². The van der Waals surface area contributed by atoms with Crippen molar-refractivity contribution in [1.82, 2.24) is 23.9 Å². The number of nitrogens with zero attached hydrogens (tertiary/aromatic N) is 6. The number of β-amino-alcohol motifs (C(OH)–C–C–N with tert-alkyl or cyclic N) is 1. The van der Waals surface area contributed by atoms with Gasteiger partial charge < -0.3 is 5.11 Å². The zero-order valence-electron chi connectivity index (χ0n) is 26.6. The molecule has 4 fully saturated rings. The van der Waals surface area contributed by atoms with E-state index in [4.69, 9.17) is 10.4 Å². The van der Waals surface area contributed by atoms with E-state index in [0.717, 1.165) is 65.2 Å². The van der Waals surface area contributed by atoms with Crippen molar-refractivity contribution in [3.05, 3.63) is 0 Å². The van der Waals surface area contributed by atoms with Gasteiger partial charge in [0.05, 0.1) is 17.9 Å². The van der Waals surface area contributed by atoms with Gasteiger partial charge in [0.15, 0.2) is 0 Å². The highest BCUT2D eigenvalue weighted by atomic mass is 32.2. The molecule has 236 valence electrons. The number of nitriles is 1. The lowest BCUT2D eigenvalue weighted by atomic mass is 10.1. The maximum absolute atomic E-state index is 12.5. The first-order chi connectivity index (χ1) is 18.7. The fraction of sp³-hybridized carbons (Fsp3) is 0.966. The van der Waals surface area contributed by atoms with E-state index in [1.54, 1.807) is 4.31 Å². The standard InChI is InChI=1S/C10H19N3.C7H14FN.C6H13NO2S.C6H13NO/c1-10(2)13-8-6-12(7-9-13)5-3-4-11;1-6(2)9-4-3-7(8)5-9;1-6(2)7-4-3-5-10(7,8)9;1-5(2)7-3-6(8)4-7/h10H,3,5-9H2,1-2H3;6-7H,3-5H2,1-2H3;6H,3-5H2,1-2H3;5-6,8H,3-4H2,1-2H3. The van der Waals surface area contributed by atoms with Gasteiger partial charge in [-0.15, -0.1) is 0 Å². The summed E-state index contributed by atoms with van der Waals surface area (Å²) in [5.41, 5.74) is 0. The second-order valence-corrected chi connectivity index (χ2v) is 14.5. The lowest BCUT2D eigenvalue weighted by Gasteiger charge is -2.38. The largest absolute Gasteiger partial charge is 0.390 e. The molecule has 11 heteroatoms. The van der Waals surface area contributed by atoms with Crippen LogP contribution in [0.5, 0.6) is 0 Å². The first kappa shape index (κ1) is 37.2. The van der Waals surface area contributed by atoms with Crippen LogP contribution in [0.25, 0.3) is 0 Å². The minimum Gasteiger partial charge on any atom is -0.390 e. The van der Waals surface area contributed by atoms with Crippen LogP contribution in [0.15, 0.2) is 0 Å². The number of aliphatic hydroxyl groups is 1. The lowest BCUT2D eigenvalue weighted by Crippen LogP contribution is -2.53. The van der Waals surface area contributed by atoms with E-state index >= 15 is 0 Å². The second kappa shape index (κ2) is 18.6. The SMILES string of the molecule is CC(C)N1CC(O)C1.CC(C)N1CCC(F)C1.CC(C)N1CCCS1(=O)=O.CC(C)N1CCN(CCC#N)CC1. The number of alkyl halides is 1. The maximum Gasteiger partial charge on any atom is 0.214 e. The molecule has 0 bridgehead atoms. The van der Waals surface area contributed by atoms with Gasteiger partial charge in [-0.1, -0.05) is 0 Å². The fourth-order valence-corrected chi connectivity index (χ4v) is 6.85. The van der Waals surface area contributed by atoms with Gasteiger partial charge >= 0.3 is 0 Å². The van der Waals surface area contributed by atoms with Gasteiger partial charge in [0.2, 0.25) is 10.0 Å². The molecule has 4 saturated heterocycles. The number of hydrogen-bond acceptors (Lipinski definition) is 8. The van der Waals surface area contributed by atoms with Gasteiger partial charge in [-0.25, -0.2) is 12.8 Å². The third-order valence-corrected chi connectivity index (χ3v) is 10.0. The quantitative estimate of drug-likeness (QED) is 0.505. The molecule has 1 atom stereocenters. The maximum atomic E-state index is 12.5. The van der Waals surface area contributed by atoms with Gasteiger partial charge in [-0.3, -0.25) is 19.6 Å². The molecule has 4 aliphatic rings. The first-order valence-corrected chi connectivity index (χ1v) is 16.9. The molecule has 0 aliphatic carbocycles. The van der Waals surface area contributed by atoms with Crippen LogP contribution < -0.4 is 0 Å². The van der Waals surface area contributed by atoms with E-state index < -0.39 is 16.2 Å². The highest BCUT2D eigenvalue weighted by Gasteiger charge is 2.30. The van der Waals surface area contributed by atoms with Crippen LogP contribution >= 0.6 is 0 Å². The Morgan fingerprint density at radius 3 is 1.62 bits per heavy atom. The monoisotopic (exact) mass is 590 g/mol. The predicted molar refractivity (Wildman–Crippen MR) is 163 cm³/mol. The summed E-state index contributed by atoms with van der Waals surface area (Å²) in [6, 6.07) is 4.12. The predicted octanol–water partition coefficient (Wildman–Crippen LogP) is 2.87. The molecule has 1 N–H and O–H groups in total. The van der Waals surface area contributed by atoms with E-state index in [-0.39, 0.29) is 12.1 Å². The number of aliphatic hydroxyl groups excluding tert-OH is 1. The zero-order valence-corrected chi connectivity index (χ0v) is 27.4. The zero-order chi connectivity index (χ0) is 30.5. The van der Waals surface area contributed by atoms with E-state index in [1.807, 2.05) is 13.8 Å². The van der Waals surface area contributed by atoms with Crippen LogP contribution in [0, 0.1) is 11.3 Å². The van der Waals surface area contributed by atoms with Gasteiger partial charge in [0.25, 0.3) is 0 Å². The van der Waals surface area contributed by atoms with Gasteiger partial charge in [-0.2, -0.15) is 9.57 Å². The highest BCUT2D eigenvalue weighted by molar-refractivity contribution is 7.89. The van der Waals surface area contributed by atoms with Crippen molar-refractivity contribution in [3.8, 4) is 6.07 Å². The van der Waals surface area contributed by atoms with Crippen molar-refractivity contribution >= 4 is 10.0 Å².